The van der Waals surface area contributed by atoms with E-state index in [2.05, 4.69) is 21.5 Å². The first-order valence-electron chi connectivity index (χ1n) is 8.46. The number of anilines is 2. The molecule has 2 aromatic rings. The fourth-order valence-electron chi connectivity index (χ4n) is 3.31. The molecule has 1 saturated carbocycles. The van der Waals surface area contributed by atoms with Gasteiger partial charge in [-0.3, -0.25) is 9.48 Å². The number of nitrogens with two attached hydrogens (primary N) is 1. The number of carbonyl (C=O) groups excluding carboxylic acids is 1. The topological polar surface area (TPSA) is 133 Å². The Kier molecular flexibility index (Phi) is 4.85. The molecule has 1 amide bonds. The van der Waals surface area contributed by atoms with Gasteiger partial charge >= 0.3 is 0 Å². The molecule has 0 radical (unpaired) electrons. The molecule has 0 aromatic carbocycles. The molecule has 2 atom stereocenters. The summed E-state index contributed by atoms with van der Waals surface area (Å²) in [6.07, 6.45) is 6.84. The molecule has 1 aliphatic carbocycles. The second-order valence-corrected chi connectivity index (χ2v) is 6.45. The van der Waals surface area contributed by atoms with E-state index in [9.17, 15) is 10.1 Å². The summed E-state index contributed by atoms with van der Waals surface area (Å²) in [5.74, 6) is -0.400. The summed E-state index contributed by atoms with van der Waals surface area (Å²) in [5.41, 5.74) is 7.42. The normalized spacial score (nSPS) is 19.3. The molecule has 2 heterocycles. The zero-order chi connectivity index (χ0) is 18.7. The van der Waals surface area contributed by atoms with Gasteiger partial charge in [0, 0.05) is 6.20 Å². The van der Waals surface area contributed by atoms with Crippen molar-refractivity contribution >= 4 is 17.4 Å². The van der Waals surface area contributed by atoms with Crippen LogP contribution in [-0.2, 0) is 0 Å². The van der Waals surface area contributed by atoms with E-state index >= 15 is 0 Å². The van der Waals surface area contributed by atoms with E-state index in [1.807, 2.05) is 6.07 Å². The summed E-state index contributed by atoms with van der Waals surface area (Å²) in [6.45, 7) is 1.78. The maximum absolute atomic E-state index is 11.8. The number of nitrogens with one attached hydrogen (secondary N) is 1. The Morgan fingerprint density at radius 1 is 1.38 bits per heavy atom. The third kappa shape index (κ3) is 3.35. The molecule has 3 N–H and O–H groups in total. The molecule has 0 bridgehead atoms. The van der Waals surface area contributed by atoms with Crippen LogP contribution < -0.4 is 11.1 Å². The second kappa shape index (κ2) is 7.24. The van der Waals surface area contributed by atoms with E-state index in [0.717, 1.165) is 31.2 Å². The van der Waals surface area contributed by atoms with Crippen molar-refractivity contribution in [2.75, 3.05) is 5.32 Å². The molecular formula is C18H19N7O. The molecule has 2 aromatic heterocycles. The molecule has 2 unspecified atom stereocenters. The third-order valence-corrected chi connectivity index (χ3v) is 4.68. The van der Waals surface area contributed by atoms with E-state index in [4.69, 9.17) is 11.0 Å². The summed E-state index contributed by atoms with van der Waals surface area (Å²) in [4.78, 5) is 15.9. The summed E-state index contributed by atoms with van der Waals surface area (Å²) in [7, 11) is 0. The second-order valence-electron chi connectivity index (χ2n) is 6.45. The molecular weight excluding hydrogens is 330 g/mol. The standard InChI is InChI=1S/C18H19N7O/c1-11-6-13(9-22-15(11)8-20)23-18-14(17(21)26)10-25(24-18)16-5-3-2-4-12(16)7-19/h6,9-10,12,16H,2-5H2,1H3,(H2,21,26)(H,23,24). The van der Waals surface area contributed by atoms with Gasteiger partial charge in [-0.15, -0.1) is 0 Å². The Balaban J connectivity index is 1.93. The van der Waals surface area contributed by atoms with Gasteiger partial charge < -0.3 is 11.1 Å². The lowest BCUT2D eigenvalue weighted by molar-refractivity contribution is 0.100. The van der Waals surface area contributed by atoms with Crippen molar-refractivity contribution < 1.29 is 4.79 Å². The molecule has 0 spiro atoms. The van der Waals surface area contributed by atoms with Crippen LogP contribution in [0.25, 0.3) is 0 Å². The fourth-order valence-corrected chi connectivity index (χ4v) is 3.31. The Labute approximate surface area is 151 Å². The molecule has 1 fully saturated rings. The van der Waals surface area contributed by atoms with Gasteiger partial charge in [-0.25, -0.2) is 4.98 Å². The highest BCUT2D eigenvalue weighted by molar-refractivity contribution is 5.98. The largest absolute Gasteiger partial charge is 0.365 e. The quantitative estimate of drug-likeness (QED) is 0.871. The van der Waals surface area contributed by atoms with Crippen molar-refractivity contribution in [3.05, 3.63) is 35.3 Å². The average Bonchev–Trinajstić information content (AvgIpc) is 3.05. The smallest absolute Gasteiger partial charge is 0.254 e. The predicted molar refractivity (Wildman–Crippen MR) is 94.3 cm³/mol. The van der Waals surface area contributed by atoms with Crippen LogP contribution in [0.4, 0.5) is 11.5 Å². The third-order valence-electron chi connectivity index (χ3n) is 4.68. The van der Waals surface area contributed by atoms with Gasteiger partial charge in [0.05, 0.1) is 29.9 Å². The number of amides is 1. The van der Waals surface area contributed by atoms with E-state index in [-0.39, 0.29) is 17.5 Å². The number of aryl methyl sites for hydroxylation is 1. The van der Waals surface area contributed by atoms with Crippen LogP contribution in [0.5, 0.6) is 0 Å². The lowest BCUT2D eigenvalue weighted by Gasteiger charge is -2.26. The number of carbonyl (C=O) groups is 1. The molecule has 0 aliphatic heterocycles. The predicted octanol–water partition coefficient (Wildman–Crippen LogP) is 2.56. The SMILES string of the molecule is Cc1cc(Nc2nn(C3CCCCC3C#N)cc2C(N)=O)cnc1C#N. The summed E-state index contributed by atoms with van der Waals surface area (Å²) in [5, 5.41) is 25.9. The Bertz CT molecular complexity index is 919. The highest BCUT2D eigenvalue weighted by Gasteiger charge is 2.28. The van der Waals surface area contributed by atoms with Crippen molar-refractivity contribution in [3.63, 3.8) is 0 Å². The molecule has 8 nitrogen and oxygen atoms in total. The number of rotatable bonds is 4. The zero-order valence-electron chi connectivity index (χ0n) is 14.4. The Morgan fingerprint density at radius 3 is 2.81 bits per heavy atom. The summed E-state index contributed by atoms with van der Waals surface area (Å²) < 4.78 is 1.68. The number of nitrogens with zero attached hydrogens (tertiary/aromatic N) is 5. The van der Waals surface area contributed by atoms with Crippen LogP contribution >= 0.6 is 0 Å². The van der Waals surface area contributed by atoms with Crippen LogP contribution in [0, 0.1) is 35.5 Å². The number of nitriles is 2. The first-order chi connectivity index (χ1) is 12.5. The maximum Gasteiger partial charge on any atom is 0.254 e. The zero-order valence-corrected chi connectivity index (χ0v) is 14.4. The minimum Gasteiger partial charge on any atom is -0.365 e. The minimum absolute atomic E-state index is 0.0665. The summed E-state index contributed by atoms with van der Waals surface area (Å²) in [6, 6.07) is 6.04. The van der Waals surface area contributed by atoms with Gasteiger partial charge in [-0.05, 0) is 31.4 Å². The first kappa shape index (κ1) is 17.4. The van der Waals surface area contributed by atoms with Crippen LogP contribution in [0.15, 0.2) is 18.5 Å². The van der Waals surface area contributed by atoms with Crippen LogP contribution in [0.1, 0.15) is 53.3 Å². The fraction of sp³-hybridized carbons (Fsp3) is 0.389. The highest BCUT2D eigenvalue weighted by Crippen LogP contribution is 2.34. The first-order valence-corrected chi connectivity index (χ1v) is 8.46. The van der Waals surface area contributed by atoms with Crippen molar-refractivity contribution in [3.8, 4) is 12.1 Å². The number of hydrogen-bond acceptors (Lipinski definition) is 6. The lowest BCUT2D eigenvalue weighted by Crippen LogP contribution is -2.22. The lowest BCUT2D eigenvalue weighted by atomic mass is 9.85. The molecule has 26 heavy (non-hydrogen) atoms. The summed E-state index contributed by atoms with van der Waals surface area (Å²) >= 11 is 0. The van der Waals surface area contributed by atoms with Gasteiger partial charge in [0.25, 0.3) is 5.91 Å². The van der Waals surface area contributed by atoms with E-state index in [0.29, 0.717) is 17.2 Å². The monoisotopic (exact) mass is 349 g/mol. The van der Waals surface area contributed by atoms with Crippen molar-refractivity contribution in [2.45, 2.75) is 38.6 Å². The number of primary amides is 1. The number of aromatic nitrogens is 3. The van der Waals surface area contributed by atoms with E-state index < -0.39 is 5.91 Å². The van der Waals surface area contributed by atoms with E-state index in [1.165, 1.54) is 6.20 Å². The van der Waals surface area contributed by atoms with Crippen LogP contribution in [-0.4, -0.2) is 20.7 Å². The van der Waals surface area contributed by atoms with Gasteiger partial charge in [0.15, 0.2) is 5.82 Å². The molecule has 1 aliphatic rings. The Hall–Kier alpha value is -3.39. The van der Waals surface area contributed by atoms with Gasteiger partial charge in [0.2, 0.25) is 0 Å². The van der Waals surface area contributed by atoms with Crippen LogP contribution in [0.2, 0.25) is 0 Å². The van der Waals surface area contributed by atoms with Crippen LogP contribution in [0.3, 0.4) is 0 Å². The maximum atomic E-state index is 11.8. The average molecular weight is 349 g/mol. The number of pyridine rings is 1. The molecule has 132 valence electrons. The van der Waals surface area contributed by atoms with Crippen molar-refractivity contribution in [1.82, 2.24) is 14.8 Å². The number of hydrogen-bond donors (Lipinski definition) is 2. The minimum atomic E-state index is -0.596. The highest BCUT2D eigenvalue weighted by atomic mass is 16.1. The van der Waals surface area contributed by atoms with Gasteiger partial charge in [-0.2, -0.15) is 15.6 Å². The molecule has 8 heteroatoms. The Morgan fingerprint density at radius 2 is 2.15 bits per heavy atom. The van der Waals surface area contributed by atoms with Crippen molar-refractivity contribution in [2.24, 2.45) is 11.7 Å². The molecule has 3 rings (SSSR count). The van der Waals surface area contributed by atoms with E-state index in [1.54, 1.807) is 23.9 Å². The molecule has 0 saturated heterocycles. The van der Waals surface area contributed by atoms with Crippen molar-refractivity contribution in [1.29, 1.82) is 10.5 Å². The van der Waals surface area contributed by atoms with Gasteiger partial charge in [0.1, 0.15) is 17.3 Å². The van der Waals surface area contributed by atoms with Gasteiger partial charge in [-0.1, -0.05) is 12.8 Å².